The molecule has 0 aliphatic rings. The zero-order valence-electron chi connectivity index (χ0n) is 7.59. The molecule has 0 saturated heterocycles. The fourth-order valence-corrected chi connectivity index (χ4v) is 1.29. The summed E-state index contributed by atoms with van der Waals surface area (Å²) >= 11 is 0. The number of carbonyl (C=O) groups is 1. The molecule has 1 atom stereocenters. The first-order valence-corrected chi connectivity index (χ1v) is 5.73. The fraction of sp³-hybridized carbons (Fsp3) is 0.833. The predicted molar refractivity (Wildman–Crippen MR) is 49.5 cm³/mol. The summed E-state index contributed by atoms with van der Waals surface area (Å²) in [6, 6.07) is -0.898. The quantitative estimate of drug-likeness (QED) is 0.285. The highest BCUT2D eigenvalue weighted by Crippen LogP contribution is 2.27. The molecule has 14 heavy (non-hydrogen) atoms. The Bertz CT molecular complexity index is 228. The summed E-state index contributed by atoms with van der Waals surface area (Å²) < 4.78 is 10.3. The van der Waals surface area contributed by atoms with E-state index in [0.29, 0.717) is 19.3 Å². The van der Waals surface area contributed by atoms with Crippen molar-refractivity contribution >= 4 is 13.7 Å². The highest BCUT2D eigenvalue weighted by molar-refractivity contribution is 7.49. The van der Waals surface area contributed by atoms with E-state index in [4.69, 9.17) is 20.6 Å². The minimum atomic E-state index is -4.15. The lowest BCUT2D eigenvalue weighted by molar-refractivity contribution is -0.138. The first-order valence-electron chi connectivity index (χ1n) is 4.12. The molecule has 7 nitrogen and oxygen atoms in total. The van der Waals surface area contributed by atoms with Gasteiger partial charge in [0, 0.05) is 6.54 Å². The van der Waals surface area contributed by atoms with Crippen molar-refractivity contribution in [2.75, 3.05) is 6.54 Å². The number of carboxylic acid groups (broad SMARTS) is 1. The van der Waals surface area contributed by atoms with Crippen LogP contribution in [0.1, 0.15) is 19.3 Å². The molecule has 0 aliphatic carbocycles. The van der Waals surface area contributed by atoms with E-state index in [-0.39, 0.29) is 6.54 Å². The SMILES string of the molecule is NC(CCCCNP(=O)(O)O)C(=O)O. The van der Waals surface area contributed by atoms with Gasteiger partial charge >= 0.3 is 13.7 Å². The number of nitrogens with two attached hydrogens (primary N) is 1. The number of carboxylic acids is 1. The Kier molecular flexibility index (Phi) is 5.90. The molecule has 0 bridgehead atoms. The van der Waals surface area contributed by atoms with E-state index in [1.54, 1.807) is 0 Å². The van der Waals surface area contributed by atoms with Crippen LogP contribution < -0.4 is 10.8 Å². The van der Waals surface area contributed by atoms with Gasteiger partial charge in [0.25, 0.3) is 0 Å². The molecule has 0 spiro atoms. The van der Waals surface area contributed by atoms with Gasteiger partial charge in [0.15, 0.2) is 0 Å². The van der Waals surface area contributed by atoms with Gasteiger partial charge in [0.1, 0.15) is 6.04 Å². The normalized spacial score (nSPS) is 13.9. The lowest BCUT2D eigenvalue weighted by atomic mass is 10.1. The summed E-state index contributed by atoms with van der Waals surface area (Å²) in [5.74, 6) is -1.06. The molecule has 0 radical (unpaired) electrons. The Balaban J connectivity index is 3.39. The highest BCUT2D eigenvalue weighted by Gasteiger charge is 2.12. The average molecular weight is 226 g/mol. The largest absolute Gasteiger partial charge is 0.480 e. The van der Waals surface area contributed by atoms with Crippen LogP contribution in [0.25, 0.3) is 0 Å². The molecule has 84 valence electrons. The monoisotopic (exact) mass is 226 g/mol. The third-order valence-electron chi connectivity index (χ3n) is 1.58. The molecule has 0 aromatic carbocycles. The Morgan fingerprint density at radius 2 is 2.00 bits per heavy atom. The summed E-state index contributed by atoms with van der Waals surface area (Å²) in [5, 5.41) is 10.4. The van der Waals surface area contributed by atoms with Crippen LogP contribution in [0.15, 0.2) is 0 Å². The van der Waals surface area contributed by atoms with E-state index in [2.05, 4.69) is 0 Å². The van der Waals surface area contributed by atoms with Gasteiger partial charge in [-0.25, -0.2) is 9.65 Å². The average Bonchev–Trinajstić information content (AvgIpc) is 2.01. The summed E-state index contributed by atoms with van der Waals surface area (Å²) in [4.78, 5) is 27.0. The van der Waals surface area contributed by atoms with Crippen LogP contribution in [0.5, 0.6) is 0 Å². The molecule has 0 aromatic rings. The molecule has 0 heterocycles. The maximum Gasteiger partial charge on any atom is 0.400 e. The third-order valence-corrected chi connectivity index (χ3v) is 2.21. The van der Waals surface area contributed by atoms with E-state index < -0.39 is 19.8 Å². The van der Waals surface area contributed by atoms with Crippen molar-refractivity contribution in [1.29, 1.82) is 0 Å². The summed E-state index contributed by atoms with van der Waals surface area (Å²) in [7, 11) is -4.15. The van der Waals surface area contributed by atoms with Crippen LogP contribution in [-0.4, -0.2) is 33.4 Å². The van der Waals surface area contributed by atoms with Gasteiger partial charge in [0.05, 0.1) is 0 Å². The molecule has 0 fully saturated rings. The van der Waals surface area contributed by atoms with Crippen molar-refractivity contribution in [3.63, 3.8) is 0 Å². The van der Waals surface area contributed by atoms with Gasteiger partial charge in [-0.15, -0.1) is 0 Å². The van der Waals surface area contributed by atoms with Crippen molar-refractivity contribution in [2.45, 2.75) is 25.3 Å². The molecule has 6 N–H and O–H groups in total. The second kappa shape index (κ2) is 6.10. The number of hydrogen-bond donors (Lipinski definition) is 5. The van der Waals surface area contributed by atoms with E-state index in [1.807, 2.05) is 5.09 Å². The number of nitrogens with one attached hydrogen (secondary N) is 1. The number of rotatable bonds is 7. The molecular formula is C6H15N2O5P. The standard InChI is InChI=1S/C6H15N2O5P/c7-5(6(9)10)3-1-2-4-8-14(11,12)13/h5H,1-4,7H2,(H,9,10)(H3,8,11,12,13). The van der Waals surface area contributed by atoms with Gasteiger partial charge in [0.2, 0.25) is 0 Å². The summed E-state index contributed by atoms with van der Waals surface area (Å²) in [6.07, 6.45) is 1.30. The lowest BCUT2D eigenvalue weighted by Crippen LogP contribution is -2.29. The highest BCUT2D eigenvalue weighted by atomic mass is 31.2. The lowest BCUT2D eigenvalue weighted by Gasteiger charge is -2.07. The van der Waals surface area contributed by atoms with E-state index in [9.17, 15) is 9.36 Å². The van der Waals surface area contributed by atoms with Crippen molar-refractivity contribution in [1.82, 2.24) is 5.09 Å². The second-order valence-electron chi connectivity index (χ2n) is 2.89. The third kappa shape index (κ3) is 8.15. The number of aliphatic carboxylic acids is 1. The Morgan fingerprint density at radius 1 is 1.43 bits per heavy atom. The molecular weight excluding hydrogens is 211 g/mol. The maximum atomic E-state index is 10.3. The topological polar surface area (TPSA) is 133 Å². The first kappa shape index (κ1) is 13.5. The fourth-order valence-electron chi connectivity index (χ4n) is 0.837. The van der Waals surface area contributed by atoms with Crippen molar-refractivity contribution in [3.8, 4) is 0 Å². The van der Waals surface area contributed by atoms with Crippen LogP contribution in [-0.2, 0) is 9.36 Å². The minimum absolute atomic E-state index is 0.149. The van der Waals surface area contributed by atoms with Crippen molar-refractivity contribution in [2.24, 2.45) is 5.73 Å². The molecule has 0 rings (SSSR count). The van der Waals surface area contributed by atoms with E-state index in [1.165, 1.54) is 0 Å². The number of hydrogen-bond acceptors (Lipinski definition) is 3. The molecule has 0 saturated carbocycles. The van der Waals surface area contributed by atoms with E-state index >= 15 is 0 Å². The van der Waals surface area contributed by atoms with Gasteiger partial charge in [-0.05, 0) is 12.8 Å². The van der Waals surface area contributed by atoms with Gasteiger partial charge in [-0.2, -0.15) is 0 Å². The van der Waals surface area contributed by atoms with Crippen LogP contribution in [0.3, 0.4) is 0 Å². The smallest absolute Gasteiger partial charge is 0.400 e. The molecule has 1 unspecified atom stereocenters. The van der Waals surface area contributed by atoms with Crippen molar-refractivity contribution in [3.05, 3.63) is 0 Å². The second-order valence-corrected chi connectivity index (χ2v) is 4.30. The number of unbranched alkanes of at least 4 members (excludes halogenated alkanes) is 1. The summed E-state index contributed by atoms with van der Waals surface area (Å²) in [5.41, 5.74) is 5.21. The Labute approximate surface area is 81.5 Å². The Hall–Kier alpha value is -0.460. The first-order chi connectivity index (χ1) is 6.33. The predicted octanol–water partition coefficient (Wildman–Crippen LogP) is -0.749. The molecule has 0 aromatic heterocycles. The maximum absolute atomic E-state index is 10.3. The van der Waals surface area contributed by atoms with Crippen LogP contribution in [0, 0.1) is 0 Å². The van der Waals surface area contributed by atoms with Crippen LogP contribution in [0.4, 0.5) is 0 Å². The van der Waals surface area contributed by atoms with E-state index in [0.717, 1.165) is 0 Å². The van der Waals surface area contributed by atoms with Gasteiger partial charge in [-0.3, -0.25) is 4.79 Å². The minimum Gasteiger partial charge on any atom is -0.480 e. The summed E-state index contributed by atoms with van der Waals surface area (Å²) in [6.45, 7) is 0.149. The molecule has 0 amide bonds. The molecule has 8 heteroatoms. The van der Waals surface area contributed by atoms with Crippen LogP contribution in [0.2, 0.25) is 0 Å². The van der Waals surface area contributed by atoms with Crippen molar-refractivity contribution < 1.29 is 24.3 Å². The zero-order valence-corrected chi connectivity index (χ0v) is 8.48. The van der Waals surface area contributed by atoms with Crippen LogP contribution >= 0.6 is 7.75 Å². The zero-order chi connectivity index (χ0) is 11.2. The van der Waals surface area contributed by atoms with Gasteiger partial charge in [-0.1, -0.05) is 6.42 Å². The van der Waals surface area contributed by atoms with Gasteiger partial charge < -0.3 is 20.6 Å². The molecule has 0 aliphatic heterocycles. The Morgan fingerprint density at radius 3 is 2.43 bits per heavy atom.